The maximum absolute atomic E-state index is 13.9. The van der Waals surface area contributed by atoms with E-state index in [2.05, 4.69) is 44.8 Å². The van der Waals surface area contributed by atoms with Crippen molar-refractivity contribution in [1.82, 2.24) is 25.8 Å². The van der Waals surface area contributed by atoms with Crippen LogP contribution in [0.1, 0.15) is 65.2 Å². The average Bonchev–Trinajstić information content (AvgIpc) is 3.03. The van der Waals surface area contributed by atoms with Gasteiger partial charge in [-0.05, 0) is 56.9 Å². The number of hydrogen-bond acceptors (Lipinski definition) is 8. The van der Waals surface area contributed by atoms with Gasteiger partial charge >= 0.3 is 0 Å². The van der Waals surface area contributed by atoms with Crippen molar-refractivity contribution in [3.8, 4) is 0 Å². The molecule has 0 spiro atoms. The van der Waals surface area contributed by atoms with Gasteiger partial charge in [-0.2, -0.15) is 0 Å². The van der Waals surface area contributed by atoms with Gasteiger partial charge in [0.05, 0.1) is 12.0 Å². The summed E-state index contributed by atoms with van der Waals surface area (Å²) >= 11 is 6.53. The number of hydrogen-bond donors (Lipinski definition) is 4. The van der Waals surface area contributed by atoms with Gasteiger partial charge in [0, 0.05) is 62.8 Å². The van der Waals surface area contributed by atoms with E-state index in [4.69, 9.17) is 17.3 Å². The Bertz CT molecular complexity index is 727. The predicted octanol–water partition coefficient (Wildman–Crippen LogP) is 1.84. The highest BCUT2D eigenvalue weighted by Crippen LogP contribution is 2.42. The maximum atomic E-state index is 13.9. The molecule has 6 unspecified atom stereocenters. The van der Waals surface area contributed by atoms with E-state index in [9.17, 15) is 9.70 Å². The van der Waals surface area contributed by atoms with E-state index in [1.165, 1.54) is 19.3 Å². The van der Waals surface area contributed by atoms with Crippen molar-refractivity contribution in [3.63, 3.8) is 0 Å². The minimum atomic E-state index is -1.10. The minimum absolute atomic E-state index is 0.00197. The second kappa shape index (κ2) is 12.8. The first-order valence-corrected chi connectivity index (χ1v) is 14.8. The van der Waals surface area contributed by atoms with Gasteiger partial charge in [-0.1, -0.05) is 25.4 Å². The van der Waals surface area contributed by atoms with E-state index in [0.717, 1.165) is 77.4 Å². The van der Waals surface area contributed by atoms with Crippen LogP contribution in [0.15, 0.2) is 5.18 Å². The van der Waals surface area contributed by atoms with E-state index in [1.54, 1.807) is 0 Å². The van der Waals surface area contributed by atoms with Crippen molar-refractivity contribution < 1.29 is 4.79 Å². The lowest BCUT2D eigenvalue weighted by atomic mass is 9.67. The van der Waals surface area contributed by atoms with Gasteiger partial charge in [0.1, 0.15) is 0 Å². The Morgan fingerprint density at radius 3 is 2.42 bits per heavy atom. The van der Waals surface area contributed by atoms with Gasteiger partial charge in [-0.3, -0.25) is 14.6 Å². The van der Waals surface area contributed by atoms with E-state index < -0.39 is 12.1 Å². The van der Waals surface area contributed by atoms with Crippen LogP contribution in [0.2, 0.25) is 0 Å². The molecule has 9 nitrogen and oxygen atoms in total. The summed E-state index contributed by atoms with van der Waals surface area (Å²) < 4.78 is 0. The van der Waals surface area contributed by atoms with Crippen LogP contribution in [0.5, 0.6) is 0 Å². The molecule has 1 amide bonds. The second-order valence-electron chi connectivity index (χ2n) is 11.5. The Labute approximate surface area is 222 Å². The molecule has 4 fully saturated rings. The monoisotopic (exact) mass is 525 g/mol. The molecule has 206 valence electrons. The van der Waals surface area contributed by atoms with Crippen molar-refractivity contribution in [3.05, 3.63) is 4.91 Å². The smallest absolute Gasteiger partial charge is 0.228 e. The van der Waals surface area contributed by atoms with Crippen LogP contribution in [0.25, 0.3) is 0 Å². The van der Waals surface area contributed by atoms with Crippen LogP contribution in [0.4, 0.5) is 0 Å². The zero-order valence-corrected chi connectivity index (χ0v) is 23.0. The number of alkyl halides is 1. The largest absolute Gasteiger partial charge is 0.350 e. The molecule has 3 saturated heterocycles. The first-order valence-electron chi connectivity index (χ1n) is 14.4. The molecule has 36 heavy (non-hydrogen) atoms. The van der Waals surface area contributed by atoms with Crippen molar-refractivity contribution in [2.24, 2.45) is 22.2 Å². The normalized spacial score (nSPS) is 34.2. The molecule has 0 bridgehead atoms. The third kappa shape index (κ3) is 6.07. The number of halogens is 1. The molecule has 0 aromatic carbocycles. The lowest BCUT2D eigenvalue weighted by Crippen LogP contribution is -2.66. The summed E-state index contributed by atoms with van der Waals surface area (Å²) in [5, 5.41) is 13.5. The molecule has 1 aliphatic carbocycles. The lowest BCUT2D eigenvalue weighted by Gasteiger charge is -2.48. The number of carbonyl (C=O) groups is 1. The Morgan fingerprint density at radius 1 is 1.11 bits per heavy atom. The highest BCUT2D eigenvalue weighted by Gasteiger charge is 2.48. The highest BCUT2D eigenvalue weighted by atomic mass is 35.5. The maximum Gasteiger partial charge on any atom is 0.228 e. The number of carbonyl (C=O) groups excluding carboxylic acids is 1. The van der Waals surface area contributed by atoms with Gasteiger partial charge in [0.15, 0.2) is 6.17 Å². The number of nitrogens with zero attached hydrogens (tertiary/aromatic N) is 3. The van der Waals surface area contributed by atoms with Crippen LogP contribution in [0.3, 0.4) is 0 Å². The van der Waals surface area contributed by atoms with Crippen LogP contribution < -0.4 is 21.7 Å². The van der Waals surface area contributed by atoms with E-state index >= 15 is 0 Å². The molecule has 0 aromatic heterocycles. The van der Waals surface area contributed by atoms with Gasteiger partial charge in [0.25, 0.3) is 0 Å². The number of piperazine rings is 1. The zero-order chi connectivity index (χ0) is 25.7. The number of rotatable bonds is 9. The lowest BCUT2D eigenvalue weighted by molar-refractivity contribution is -0.130. The summed E-state index contributed by atoms with van der Waals surface area (Å²) in [6, 6.07) is 0.805. The number of amides is 1. The van der Waals surface area contributed by atoms with Crippen LogP contribution >= 0.6 is 11.6 Å². The van der Waals surface area contributed by atoms with Crippen molar-refractivity contribution in [1.29, 1.82) is 0 Å². The van der Waals surface area contributed by atoms with E-state index in [-0.39, 0.29) is 34.8 Å². The summed E-state index contributed by atoms with van der Waals surface area (Å²) in [7, 11) is 0. The Hall–Kier alpha value is -0.840. The Kier molecular flexibility index (Phi) is 10.0. The summed E-state index contributed by atoms with van der Waals surface area (Å²) in [4.78, 5) is 30.9. The molecular weight excluding hydrogens is 478 g/mol. The summed E-state index contributed by atoms with van der Waals surface area (Å²) in [6.45, 7) is 10.9. The summed E-state index contributed by atoms with van der Waals surface area (Å²) in [6.07, 6.45) is 7.51. The second-order valence-corrected chi connectivity index (χ2v) is 12.2. The van der Waals surface area contributed by atoms with Gasteiger partial charge in [-0.15, -0.1) is 16.5 Å². The summed E-state index contributed by atoms with van der Waals surface area (Å²) in [5.41, 5.74) is 6.11. The molecule has 1 saturated carbocycles. The minimum Gasteiger partial charge on any atom is -0.350 e. The standard InChI is InChI=1S/C26H48ClN7O2/c1-3-26(4-2)10-8-18(27)16-30-23(26)22(24(28)32-36)25(35)31-20-17-29-11-9-21(20)34-14-12-33(13-15-34)19-6-5-7-19/h18-24,29-30H,3-17,28H2,1-2H3,(H,31,35). The highest BCUT2D eigenvalue weighted by molar-refractivity contribution is 6.20. The third-order valence-electron chi connectivity index (χ3n) is 9.92. The molecule has 3 heterocycles. The van der Waals surface area contributed by atoms with Gasteiger partial charge in [-0.25, -0.2) is 0 Å². The van der Waals surface area contributed by atoms with Crippen molar-refractivity contribution >= 4 is 17.5 Å². The molecule has 3 aliphatic heterocycles. The molecule has 6 atom stereocenters. The topological polar surface area (TPSA) is 115 Å². The molecule has 0 aromatic rings. The number of nitrogens with one attached hydrogen (secondary N) is 3. The fraction of sp³-hybridized carbons (Fsp3) is 0.962. The SMILES string of the molecule is CCC1(CC)CCC(Cl)CNC1C(C(=O)NC1CNCCC1N1CCN(C2CCC2)CC1)C(N)N=O. The number of piperidine rings is 1. The number of nitrogens with two attached hydrogens (primary N) is 1. The third-order valence-corrected chi connectivity index (χ3v) is 10.3. The zero-order valence-electron chi connectivity index (χ0n) is 22.3. The Balaban J connectivity index is 1.47. The molecule has 5 N–H and O–H groups in total. The van der Waals surface area contributed by atoms with E-state index in [1.807, 2.05) is 0 Å². The average molecular weight is 526 g/mol. The molecule has 0 radical (unpaired) electrons. The van der Waals surface area contributed by atoms with Crippen LogP contribution in [-0.4, -0.2) is 97.2 Å². The number of nitroso groups, excluding NO2 is 1. The Morgan fingerprint density at radius 2 is 1.81 bits per heavy atom. The molecule has 10 heteroatoms. The summed E-state index contributed by atoms with van der Waals surface area (Å²) in [5.74, 6) is -0.895. The van der Waals surface area contributed by atoms with Crippen molar-refractivity contribution in [2.45, 2.75) is 101 Å². The molecule has 4 rings (SSSR count). The van der Waals surface area contributed by atoms with E-state index in [0.29, 0.717) is 6.54 Å². The van der Waals surface area contributed by atoms with Gasteiger partial charge < -0.3 is 21.7 Å². The fourth-order valence-corrected chi connectivity index (χ4v) is 7.39. The molecular formula is C26H48ClN7O2. The van der Waals surface area contributed by atoms with Gasteiger partial charge in [0.2, 0.25) is 5.91 Å². The van der Waals surface area contributed by atoms with Crippen LogP contribution in [-0.2, 0) is 4.79 Å². The predicted molar refractivity (Wildman–Crippen MR) is 145 cm³/mol. The first-order chi connectivity index (χ1) is 17.4. The van der Waals surface area contributed by atoms with Crippen LogP contribution in [0, 0.1) is 16.2 Å². The fourth-order valence-electron chi connectivity index (χ4n) is 7.19. The first kappa shape index (κ1) is 28.2. The quantitative estimate of drug-likeness (QED) is 0.268. The molecule has 4 aliphatic rings. The van der Waals surface area contributed by atoms with Crippen molar-refractivity contribution in [2.75, 3.05) is 45.8 Å².